The van der Waals surface area contributed by atoms with Crippen molar-refractivity contribution in [3.8, 4) is 0 Å². The van der Waals surface area contributed by atoms with E-state index in [1.165, 1.54) is 26.3 Å². The normalized spacial score (nSPS) is 15.9. The molecule has 1 fully saturated rings. The number of nitrogens with zero attached hydrogens (tertiary/aromatic N) is 3. The first kappa shape index (κ1) is 16.6. The van der Waals surface area contributed by atoms with Gasteiger partial charge < -0.3 is 4.90 Å². The highest BCUT2D eigenvalue weighted by Gasteiger charge is 2.41. The van der Waals surface area contributed by atoms with E-state index in [0.717, 1.165) is 35.6 Å². The van der Waals surface area contributed by atoms with Gasteiger partial charge in [-0.15, -0.1) is 0 Å². The largest absolute Gasteiger partial charge is 0.333 e. The SMILES string of the molecule is CN(C)CCCCCCCCN1C(=O)C(=O)N(C)C1=O. The van der Waals surface area contributed by atoms with Crippen LogP contribution in [0.25, 0.3) is 0 Å². The van der Waals surface area contributed by atoms with Gasteiger partial charge in [-0.1, -0.05) is 25.7 Å². The topological polar surface area (TPSA) is 60.9 Å². The van der Waals surface area contributed by atoms with Gasteiger partial charge in [-0.05, 0) is 33.5 Å². The fraction of sp³-hybridized carbons (Fsp3) is 0.786. The fourth-order valence-electron chi connectivity index (χ4n) is 2.22. The molecule has 0 bridgehead atoms. The van der Waals surface area contributed by atoms with Crippen LogP contribution in [0.2, 0.25) is 0 Å². The second-order valence-electron chi connectivity index (χ2n) is 5.53. The molecular formula is C14H25N3O3. The van der Waals surface area contributed by atoms with E-state index >= 15 is 0 Å². The number of rotatable bonds is 9. The van der Waals surface area contributed by atoms with Crippen LogP contribution >= 0.6 is 0 Å². The van der Waals surface area contributed by atoms with Crippen LogP contribution in [0, 0.1) is 0 Å². The molecular weight excluding hydrogens is 258 g/mol. The number of hydrogen-bond donors (Lipinski definition) is 0. The van der Waals surface area contributed by atoms with Crippen LogP contribution in [-0.2, 0) is 9.59 Å². The van der Waals surface area contributed by atoms with Crippen LogP contribution < -0.4 is 0 Å². The van der Waals surface area contributed by atoms with Crippen LogP contribution in [-0.4, -0.2) is 66.8 Å². The zero-order valence-electron chi connectivity index (χ0n) is 12.7. The summed E-state index contributed by atoms with van der Waals surface area (Å²) in [5.41, 5.74) is 0. The molecule has 0 spiro atoms. The Hall–Kier alpha value is -1.43. The van der Waals surface area contributed by atoms with Crippen molar-refractivity contribution in [1.29, 1.82) is 0 Å². The molecule has 0 aliphatic carbocycles. The molecule has 1 rings (SSSR count). The van der Waals surface area contributed by atoms with Crippen molar-refractivity contribution in [2.45, 2.75) is 38.5 Å². The lowest BCUT2D eigenvalue weighted by molar-refractivity contribution is -0.142. The van der Waals surface area contributed by atoms with E-state index < -0.39 is 17.8 Å². The third kappa shape index (κ3) is 4.59. The van der Waals surface area contributed by atoms with Crippen LogP contribution in [0.3, 0.4) is 0 Å². The van der Waals surface area contributed by atoms with E-state index in [2.05, 4.69) is 19.0 Å². The molecule has 20 heavy (non-hydrogen) atoms. The Bertz CT molecular complexity index is 369. The molecule has 0 aromatic rings. The average molecular weight is 283 g/mol. The summed E-state index contributed by atoms with van der Waals surface area (Å²) in [4.78, 5) is 38.5. The first-order chi connectivity index (χ1) is 9.45. The number of urea groups is 1. The third-order valence-corrected chi connectivity index (χ3v) is 3.49. The minimum Gasteiger partial charge on any atom is -0.309 e. The molecule has 0 radical (unpaired) electrons. The molecule has 6 nitrogen and oxygen atoms in total. The van der Waals surface area contributed by atoms with E-state index in [0.29, 0.717) is 6.54 Å². The van der Waals surface area contributed by atoms with Gasteiger partial charge in [0.1, 0.15) is 0 Å². The van der Waals surface area contributed by atoms with Gasteiger partial charge in [0.25, 0.3) is 0 Å². The lowest BCUT2D eigenvalue weighted by Crippen LogP contribution is -2.32. The van der Waals surface area contributed by atoms with E-state index in [1.807, 2.05) is 0 Å². The number of imide groups is 2. The molecule has 1 heterocycles. The molecule has 0 saturated carbocycles. The summed E-state index contributed by atoms with van der Waals surface area (Å²) in [6.07, 6.45) is 6.45. The first-order valence-electron chi connectivity index (χ1n) is 7.23. The van der Waals surface area contributed by atoms with Gasteiger partial charge in [-0.3, -0.25) is 19.4 Å². The molecule has 114 valence electrons. The minimum absolute atomic E-state index is 0.353. The van der Waals surface area contributed by atoms with Gasteiger partial charge in [-0.2, -0.15) is 0 Å². The molecule has 1 aliphatic heterocycles. The number of likely N-dealkylation sites (N-methyl/N-ethyl adjacent to an activating group) is 1. The molecule has 4 amide bonds. The summed E-state index contributed by atoms with van der Waals surface area (Å²) in [6.45, 7) is 1.47. The quantitative estimate of drug-likeness (QED) is 0.364. The molecule has 0 aromatic carbocycles. The summed E-state index contributed by atoms with van der Waals surface area (Å²) < 4.78 is 0. The van der Waals surface area contributed by atoms with Crippen molar-refractivity contribution in [3.63, 3.8) is 0 Å². The van der Waals surface area contributed by atoms with Crippen molar-refractivity contribution in [2.75, 3.05) is 34.2 Å². The maximum atomic E-state index is 11.6. The van der Waals surface area contributed by atoms with Crippen LogP contribution in [0.4, 0.5) is 4.79 Å². The third-order valence-electron chi connectivity index (χ3n) is 3.49. The Balaban J connectivity index is 2.09. The first-order valence-corrected chi connectivity index (χ1v) is 7.23. The second kappa shape index (κ2) is 7.99. The maximum Gasteiger partial charge on any atom is 0.333 e. The van der Waals surface area contributed by atoms with E-state index in [-0.39, 0.29) is 0 Å². The number of carbonyl (C=O) groups is 3. The van der Waals surface area contributed by atoms with E-state index in [4.69, 9.17) is 0 Å². The maximum absolute atomic E-state index is 11.6. The van der Waals surface area contributed by atoms with Crippen molar-refractivity contribution < 1.29 is 14.4 Å². The van der Waals surface area contributed by atoms with Gasteiger partial charge in [0.15, 0.2) is 0 Å². The van der Waals surface area contributed by atoms with Crippen molar-refractivity contribution in [1.82, 2.24) is 14.7 Å². The Morgan fingerprint density at radius 3 is 1.90 bits per heavy atom. The Morgan fingerprint density at radius 1 is 0.850 bits per heavy atom. The molecule has 6 heteroatoms. The number of amides is 4. The summed E-state index contributed by atoms with van der Waals surface area (Å²) in [5.74, 6) is -1.41. The summed E-state index contributed by atoms with van der Waals surface area (Å²) in [5, 5.41) is 0. The van der Waals surface area contributed by atoms with Crippen molar-refractivity contribution in [2.24, 2.45) is 0 Å². The second-order valence-corrected chi connectivity index (χ2v) is 5.53. The van der Waals surface area contributed by atoms with Crippen LogP contribution in [0.15, 0.2) is 0 Å². The molecule has 0 N–H and O–H groups in total. The average Bonchev–Trinajstić information content (AvgIpc) is 2.58. The van der Waals surface area contributed by atoms with Crippen LogP contribution in [0.1, 0.15) is 38.5 Å². The summed E-state index contributed by atoms with van der Waals surface area (Å²) >= 11 is 0. The number of carbonyl (C=O) groups excluding carboxylic acids is 3. The number of hydrogen-bond acceptors (Lipinski definition) is 4. The highest BCUT2D eigenvalue weighted by molar-refractivity contribution is 6.44. The summed E-state index contributed by atoms with van der Waals surface area (Å²) in [7, 11) is 5.48. The Morgan fingerprint density at radius 2 is 1.40 bits per heavy atom. The fourth-order valence-corrected chi connectivity index (χ4v) is 2.22. The summed E-state index contributed by atoms with van der Waals surface area (Å²) in [6, 6.07) is -0.494. The molecule has 1 saturated heterocycles. The Kier molecular flexibility index (Phi) is 6.64. The van der Waals surface area contributed by atoms with Crippen LogP contribution in [0.5, 0.6) is 0 Å². The van der Waals surface area contributed by atoms with Gasteiger partial charge in [0, 0.05) is 13.6 Å². The lowest BCUT2D eigenvalue weighted by atomic mass is 10.1. The van der Waals surface area contributed by atoms with Crippen molar-refractivity contribution in [3.05, 3.63) is 0 Å². The van der Waals surface area contributed by atoms with Gasteiger partial charge >= 0.3 is 17.8 Å². The highest BCUT2D eigenvalue weighted by Crippen LogP contribution is 2.12. The minimum atomic E-state index is -0.723. The van der Waals surface area contributed by atoms with Gasteiger partial charge in [0.2, 0.25) is 0 Å². The van der Waals surface area contributed by atoms with E-state index in [1.54, 1.807) is 0 Å². The predicted molar refractivity (Wildman–Crippen MR) is 76.1 cm³/mol. The molecule has 1 aliphatic rings. The zero-order valence-corrected chi connectivity index (χ0v) is 12.7. The molecule has 0 atom stereocenters. The monoisotopic (exact) mass is 283 g/mol. The highest BCUT2D eigenvalue weighted by atomic mass is 16.2. The predicted octanol–water partition coefficient (Wildman–Crippen LogP) is 1.31. The Labute approximate surface area is 120 Å². The molecule has 0 unspecified atom stereocenters. The smallest absolute Gasteiger partial charge is 0.309 e. The number of unbranched alkanes of at least 4 members (excludes halogenated alkanes) is 5. The zero-order chi connectivity index (χ0) is 15.1. The lowest BCUT2D eigenvalue weighted by Gasteiger charge is -2.12. The van der Waals surface area contributed by atoms with Crippen molar-refractivity contribution >= 4 is 17.8 Å². The van der Waals surface area contributed by atoms with E-state index in [9.17, 15) is 14.4 Å². The standard InChI is InChI=1S/C14H25N3O3/c1-15(2)10-8-6-4-5-7-9-11-17-13(19)12(18)16(3)14(17)20/h4-11H2,1-3H3. The van der Waals surface area contributed by atoms with Gasteiger partial charge in [-0.25, -0.2) is 4.79 Å². The molecule has 0 aromatic heterocycles. The van der Waals surface area contributed by atoms with Gasteiger partial charge in [0.05, 0.1) is 0 Å².